The summed E-state index contributed by atoms with van der Waals surface area (Å²) < 4.78 is 0. The maximum atomic E-state index is 3.83. The van der Waals surface area contributed by atoms with E-state index in [-0.39, 0.29) is 0 Å². The second-order valence-corrected chi connectivity index (χ2v) is 8.20. The van der Waals surface area contributed by atoms with Gasteiger partial charge in [0.1, 0.15) is 0 Å². The van der Waals surface area contributed by atoms with E-state index in [1.165, 1.54) is 22.6 Å². The summed E-state index contributed by atoms with van der Waals surface area (Å²) >= 11 is 2.06. The summed E-state index contributed by atoms with van der Waals surface area (Å²) in [6, 6.07) is 9.46. The zero-order valence-corrected chi connectivity index (χ0v) is 13.3. The lowest BCUT2D eigenvalue weighted by Gasteiger charge is -2.26. The molecule has 1 aromatic rings. The minimum atomic E-state index is 0.487. The fraction of sp³-hybridized carbons (Fsp3) is 0.647. The Hall–Kier alpha value is -0.470. The molecule has 0 aromatic heterocycles. The molecule has 0 bridgehead atoms. The molecule has 1 heterocycles. The summed E-state index contributed by atoms with van der Waals surface area (Å²) in [5, 5.41) is 3.83. The van der Waals surface area contributed by atoms with Gasteiger partial charge in [0.25, 0.3) is 0 Å². The van der Waals surface area contributed by atoms with E-state index in [9.17, 15) is 0 Å². The van der Waals surface area contributed by atoms with Crippen molar-refractivity contribution in [1.29, 1.82) is 0 Å². The topological polar surface area (TPSA) is 12.0 Å². The first kappa shape index (κ1) is 13.5. The average Bonchev–Trinajstić information content (AvgIpc) is 2.77. The molecule has 104 valence electrons. The number of benzene rings is 1. The highest BCUT2D eigenvalue weighted by molar-refractivity contribution is 7.98. The Kier molecular flexibility index (Phi) is 3.22. The Bertz CT molecular complexity index is 464. The summed E-state index contributed by atoms with van der Waals surface area (Å²) in [5.74, 6) is 3.19. The predicted octanol–water partition coefficient (Wildman–Crippen LogP) is 4.25. The molecule has 1 saturated carbocycles. The Morgan fingerprint density at radius 3 is 2.53 bits per heavy atom. The monoisotopic (exact) mass is 275 g/mol. The Morgan fingerprint density at radius 2 is 1.84 bits per heavy atom. The maximum absolute atomic E-state index is 3.83. The van der Waals surface area contributed by atoms with Crippen molar-refractivity contribution in [3.8, 4) is 0 Å². The third kappa shape index (κ3) is 2.13. The Morgan fingerprint density at radius 1 is 1.16 bits per heavy atom. The zero-order chi connectivity index (χ0) is 13.7. The lowest BCUT2D eigenvalue weighted by Crippen LogP contribution is -2.29. The van der Waals surface area contributed by atoms with Gasteiger partial charge < -0.3 is 5.32 Å². The van der Waals surface area contributed by atoms with Crippen molar-refractivity contribution < 1.29 is 0 Å². The summed E-state index contributed by atoms with van der Waals surface area (Å²) in [6.45, 7) is 10.8. The third-order valence-electron chi connectivity index (χ3n) is 5.86. The van der Waals surface area contributed by atoms with Crippen LogP contribution in [0.4, 0.5) is 0 Å². The number of hydrogen-bond acceptors (Lipinski definition) is 2. The van der Waals surface area contributed by atoms with Gasteiger partial charge in [-0.05, 0) is 34.4 Å². The molecule has 2 aliphatic rings. The third-order valence-corrected chi connectivity index (χ3v) is 6.94. The van der Waals surface area contributed by atoms with Crippen LogP contribution in [-0.2, 0) is 5.75 Å². The smallest absolute Gasteiger partial charge is 0.0415 e. The van der Waals surface area contributed by atoms with Gasteiger partial charge in [-0.15, -0.1) is 0 Å². The van der Waals surface area contributed by atoms with E-state index in [4.69, 9.17) is 0 Å². The number of rotatable bonds is 3. The molecule has 1 aliphatic heterocycles. The van der Waals surface area contributed by atoms with Crippen molar-refractivity contribution >= 4 is 11.8 Å². The van der Waals surface area contributed by atoms with E-state index in [0.717, 1.165) is 12.5 Å². The van der Waals surface area contributed by atoms with Gasteiger partial charge in [0.15, 0.2) is 0 Å². The van der Waals surface area contributed by atoms with Crippen LogP contribution in [0.2, 0.25) is 0 Å². The number of thioether (sulfide) groups is 1. The quantitative estimate of drug-likeness (QED) is 0.885. The van der Waals surface area contributed by atoms with Gasteiger partial charge in [0, 0.05) is 17.5 Å². The predicted molar refractivity (Wildman–Crippen MR) is 84.4 cm³/mol. The van der Waals surface area contributed by atoms with Gasteiger partial charge in [-0.2, -0.15) is 11.8 Å². The number of nitrogens with one attached hydrogen (secondary N) is 1. The van der Waals surface area contributed by atoms with Gasteiger partial charge in [-0.25, -0.2) is 0 Å². The van der Waals surface area contributed by atoms with Crippen LogP contribution < -0.4 is 5.32 Å². The minimum absolute atomic E-state index is 0.487. The van der Waals surface area contributed by atoms with Crippen LogP contribution in [-0.4, -0.2) is 12.3 Å². The van der Waals surface area contributed by atoms with Crippen LogP contribution in [0.5, 0.6) is 0 Å². The molecule has 0 amide bonds. The van der Waals surface area contributed by atoms with Crippen molar-refractivity contribution in [2.24, 2.45) is 16.7 Å². The maximum Gasteiger partial charge on any atom is 0.0415 e. The molecule has 1 aliphatic carbocycles. The van der Waals surface area contributed by atoms with Crippen LogP contribution in [0.1, 0.15) is 44.9 Å². The summed E-state index contributed by atoms with van der Waals surface area (Å²) in [4.78, 5) is 0. The zero-order valence-electron chi connectivity index (χ0n) is 12.5. The van der Waals surface area contributed by atoms with Crippen molar-refractivity contribution in [2.45, 2.75) is 39.5 Å². The first-order valence-electron chi connectivity index (χ1n) is 7.33. The highest BCUT2D eigenvalue weighted by Crippen LogP contribution is 2.68. The van der Waals surface area contributed by atoms with E-state index >= 15 is 0 Å². The Labute approximate surface area is 121 Å². The molecule has 1 aromatic carbocycles. The molecular weight excluding hydrogens is 250 g/mol. The molecule has 1 N–H and O–H groups in total. The van der Waals surface area contributed by atoms with Crippen molar-refractivity contribution in [1.82, 2.24) is 5.32 Å². The molecule has 1 unspecified atom stereocenters. The van der Waals surface area contributed by atoms with E-state index in [0.29, 0.717) is 16.9 Å². The first-order chi connectivity index (χ1) is 8.94. The minimum Gasteiger partial charge on any atom is -0.309 e. The molecule has 0 spiro atoms. The standard InChI is InChI=1S/C17H25NS/c1-16(2)15(17(16,3)4)9-18-14-11-19-10-12-7-5-6-8-13(12)14/h5-8,14-15,18H,9-11H2,1-4H3. The van der Waals surface area contributed by atoms with Crippen LogP contribution in [0.25, 0.3) is 0 Å². The lowest BCUT2D eigenvalue weighted by atomic mass is 10.0. The second kappa shape index (κ2) is 4.53. The van der Waals surface area contributed by atoms with E-state index in [1.54, 1.807) is 0 Å². The van der Waals surface area contributed by atoms with E-state index in [2.05, 4.69) is 69.0 Å². The van der Waals surface area contributed by atoms with Crippen molar-refractivity contribution in [2.75, 3.05) is 12.3 Å². The van der Waals surface area contributed by atoms with E-state index in [1.807, 2.05) is 0 Å². The van der Waals surface area contributed by atoms with Crippen LogP contribution in [0.3, 0.4) is 0 Å². The second-order valence-electron chi connectivity index (χ2n) is 7.17. The van der Waals surface area contributed by atoms with Crippen LogP contribution in [0.15, 0.2) is 24.3 Å². The average molecular weight is 275 g/mol. The largest absolute Gasteiger partial charge is 0.309 e. The molecule has 1 fully saturated rings. The molecule has 19 heavy (non-hydrogen) atoms. The molecule has 3 rings (SSSR count). The van der Waals surface area contributed by atoms with E-state index < -0.39 is 0 Å². The fourth-order valence-electron chi connectivity index (χ4n) is 3.65. The summed E-state index contributed by atoms with van der Waals surface area (Å²) in [6.07, 6.45) is 0. The molecule has 2 heteroatoms. The van der Waals surface area contributed by atoms with Crippen molar-refractivity contribution in [3.63, 3.8) is 0 Å². The first-order valence-corrected chi connectivity index (χ1v) is 8.49. The van der Waals surface area contributed by atoms with Gasteiger partial charge in [0.05, 0.1) is 0 Å². The molecule has 1 atom stereocenters. The fourth-order valence-corrected chi connectivity index (χ4v) is 4.79. The highest BCUT2D eigenvalue weighted by atomic mass is 32.2. The lowest BCUT2D eigenvalue weighted by molar-refractivity contribution is 0.457. The van der Waals surface area contributed by atoms with Gasteiger partial charge in [0.2, 0.25) is 0 Å². The number of hydrogen-bond donors (Lipinski definition) is 1. The van der Waals surface area contributed by atoms with Gasteiger partial charge in [-0.1, -0.05) is 52.0 Å². The molecular formula is C17H25NS. The Balaban J connectivity index is 1.67. The highest BCUT2D eigenvalue weighted by Gasteiger charge is 2.63. The van der Waals surface area contributed by atoms with Crippen LogP contribution >= 0.6 is 11.8 Å². The van der Waals surface area contributed by atoms with Gasteiger partial charge in [-0.3, -0.25) is 0 Å². The summed E-state index contributed by atoms with van der Waals surface area (Å²) in [5.41, 5.74) is 4.02. The molecule has 0 saturated heterocycles. The normalized spacial score (nSPS) is 27.9. The summed E-state index contributed by atoms with van der Waals surface area (Å²) in [7, 11) is 0. The van der Waals surface area contributed by atoms with Crippen molar-refractivity contribution in [3.05, 3.63) is 35.4 Å². The molecule has 1 nitrogen and oxygen atoms in total. The van der Waals surface area contributed by atoms with Crippen LogP contribution in [0, 0.1) is 16.7 Å². The molecule has 0 radical (unpaired) electrons. The SMILES string of the molecule is CC1(C)C(CNC2CSCc3ccccc32)C1(C)C. The number of fused-ring (bicyclic) bond motifs is 1. The van der Waals surface area contributed by atoms with Gasteiger partial charge >= 0.3 is 0 Å².